The summed E-state index contributed by atoms with van der Waals surface area (Å²) in [5.41, 5.74) is 0. The molecule has 0 bridgehead atoms. The van der Waals surface area contributed by atoms with Crippen molar-refractivity contribution >= 4 is 27.3 Å². The number of carbonyl (C=O) groups excluding carboxylic acids is 1. The van der Waals surface area contributed by atoms with Crippen LogP contribution in [0.2, 0.25) is 0 Å². The number of nitrogens with one attached hydrogen (secondary N) is 1. The third kappa shape index (κ3) is 4.37. The van der Waals surface area contributed by atoms with Gasteiger partial charge in [0.15, 0.2) is 0 Å². The Morgan fingerprint density at radius 2 is 1.75 bits per heavy atom. The van der Waals surface area contributed by atoms with Crippen LogP contribution >= 0.6 is 11.3 Å². The molecular weight excluding hydrogens is 344 g/mol. The van der Waals surface area contributed by atoms with Gasteiger partial charge in [-0.05, 0) is 37.8 Å². The molecular formula is C17H26N2O3S2. The van der Waals surface area contributed by atoms with Crippen LogP contribution in [0.5, 0.6) is 0 Å². The van der Waals surface area contributed by atoms with E-state index in [1.807, 2.05) is 0 Å². The highest BCUT2D eigenvalue weighted by molar-refractivity contribution is 7.91. The minimum atomic E-state index is -3.38. The first-order valence-electron chi connectivity index (χ1n) is 8.94. The topological polar surface area (TPSA) is 66.5 Å². The highest BCUT2D eigenvalue weighted by atomic mass is 32.2. The zero-order valence-corrected chi connectivity index (χ0v) is 15.6. The molecule has 1 aromatic rings. The van der Waals surface area contributed by atoms with Crippen molar-refractivity contribution in [3.8, 4) is 0 Å². The molecule has 2 aliphatic rings. The molecule has 3 rings (SSSR count). The largest absolute Gasteiger partial charge is 0.353 e. The van der Waals surface area contributed by atoms with E-state index in [0.29, 0.717) is 23.3 Å². The molecule has 2 heterocycles. The maximum Gasteiger partial charge on any atom is 0.252 e. The van der Waals surface area contributed by atoms with Gasteiger partial charge >= 0.3 is 0 Å². The van der Waals surface area contributed by atoms with E-state index in [9.17, 15) is 13.2 Å². The monoisotopic (exact) mass is 370 g/mol. The summed E-state index contributed by atoms with van der Waals surface area (Å²) in [4.78, 5) is 13.0. The van der Waals surface area contributed by atoms with Gasteiger partial charge in [-0.3, -0.25) is 4.79 Å². The minimum absolute atomic E-state index is 0.00525. The number of carbonyl (C=O) groups is 1. The fraction of sp³-hybridized carbons (Fsp3) is 0.706. The predicted octanol–water partition coefficient (Wildman–Crippen LogP) is 2.91. The highest BCUT2D eigenvalue weighted by Crippen LogP contribution is 2.27. The average Bonchev–Trinajstić information content (AvgIpc) is 3.05. The summed E-state index contributed by atoms with van der Waals surface area (Å²) < 4.78 is 27.2. The summed E-state index contributed by atoms with van der Waals surface area (Å²) in [6, 6.07) is 3.72. The molecule has 1 saturated carbocycles. The van der Waals surface area contributed by atoms with Crippen molar-refractivity contribution in [3.05, 3.63) is 17.0 Å². The van der Waals surface area contributed by atoms with Gasteiger partial charge in [0.1, 0.15) is 4.21 Å². The molecule has 0 aromatic carbocycles. The summed E-state index contributed by atoms with van der Waals surface area (Å²) in [7, 11) is -3.38. The lowest BCUT2D eigenvalue weighted by atomic mass is 9.95. The van der Waals surface area contributed by atoms with Crippen LogP contribution in [0.4, 0.5) is 0 Å². The molecule has 2 fully saturated rings. The molecule has 0 radical (unpaired) electrons. The first-order chi connectivity index (χ1) is 11.6. The second-order valence-corrected chi connectivity index (χ2v) is 10.1. The Balaban J connectivity index is 1.59. The van der Waals surface area contributed by atoms with Crippen molar-refractivity contribution in [3.63, 3.8) is 0 Å². The first-order valence-corrected chi connectivity index (χ1v) is 11.2. The quantitative estimate of drug-likeness (QED) is 0.867. The number of thiophene rings is 1. The van der Waals surface area contributed by atoms with Gasteiger partial charge < -0.3 is 5.32 Å². The van der Waals surface area contributed by atoms with Crippen molar-refractivity contribution in [2.24, 2.45) is 0 Å². The standard InChI is InChI=1S/C17H26N2O3S2/c20-16(18-14-7-3-1-4-8-14)13-15-9-10-17(23-15)24(21,22)19-11-5-2-6-12-19/h9-10,14H,1-8,11-13H2,(H,18,20). The summed E-state index contributed by atoms with van der Waals surface area (Å²) in [5.74, 6) is 0.00525. The molecule has 24 heavy (non-hydrogen) atoms. The minimum Gasteiger partial charge on any atom is -0.353 e. The van der Waals surface area contributed by atoms with Gasteiger partial charge in [0.25, 0.3) is 10.0 Å². The van der Waals surface area contributed by atoms with Crippen molar-refractivity contribution in [2.45, 2.75) is 68.0 Å². The van der Waals surface area contributed by atoms with Crippen LogP contribution < -0.4 is 5.32 Å². The molecule has 1 saturated heterocycles. The maximum absolute atomic E-state index is 12.6. The van der Waals surface area contributed by atoms with Crippen LogP contribution in [0.3, 0.4) is 0 Å². The number of amides is 1. The SMILES string of the molecule is O=C(Cc1ccc(S(=O)(=O)N2CCCCC2)s1)NC1CCCCC1. The van der Waals surface area contributed by atoms with Crippen molar-refractivity contribution in [1.82, 2.24) is 9.62 Å². The Bertz CT molecular complexity index is 657. The number of rotatable bonds is 5. The lowest BCUT2D eigenvalue weighted by molar-refractivity contribution is -0.121. The molecule has 1 aliphatic carbocycles. The predicted molar refractivity (Wildman–Crippen MR) is 95.6 cm³/mol. The number of hydrogen-bond donors (Lipinski definition) is 1. The van der Waals surface area contributed by atoms with Crippen LogP contribution in [0.15, 0.2) is 16.3 Å². The number of hydrogen-bond acceptors (Lipinski definition) is 4. The summed E-state index contributed by atoms with van der Waals surface area (Å²) in [6.07, 6.45) is 8.98. The van der Waals surface area contributed by atoms with E-state index in [-0.39, 0.29) is 12.3 Å². The number of nitrogens with zero attached hydrogens (tertiary/aromatic N) is 1. The van der Waals surface area contributed by atoms with Crippen LogP contribution in [0.1, 0.15) is 56.2 Å². The van der Waals surface area contributed by atoms with E-state index in [1.54, 1.807) is 16.4 Å². The molecule has 0 atom stereocenters. The van der Waals surface area contributed by atoms with E-state index < -0.39 is 10.0 Å². The van der Waals surface area contributed by atoms with Gasteiger partial charge in [-0.1, -0.05) is 25.7 Å². The summed E-state index contributed by atoms with van der Waals surface area (Å²) >= 11 is 1.23. The fourth-order valence-electron chi connectivity index (χ4n) is 3.51. The van der Waals surface area contributed by atoms with Crippen LogP contribution in [0, 0.1) is 0 Å². The van der Waals surface area contributed by atoms with Crippen LogP contribution in [-0.2, 0) is 21.2 Å². The molecule has 1 amide bonds. The molecule has 0 spiro atoms. The van der Waals surface area contributed by atoms with E-state index in [0.717, 1.165) is 37.0 Å². The molecule has 1 aromatic heterocycles. The van der Waals surface area contributed by atoms with E-state index in [4.69, 9.17) is 0 Å². The van der Waals surface area contributed by atoms with Crippen molar-refractivity contribution in [1.29, 1.82) is 0 Å². The zero-order valence-electron chi connectivity index (χ0n) is 14.0. The van der Waals surface area contributed by atoms with Gasteiger partial charge in [0, 0.05) is 24.0 Å². The molecule has 1 N–H and O–H groups in total. The van der Waals surface area contributed by atoms with Gasteiger partial charge in [0.05, 0.1) is 6.42 Å². The Labute approximate surface area is 148 Å². The van der Waals surface area contributed by atoms with Gasteiger partial charge in [-0.25, -0.2) is 8.42 Å². The van der Waals surface area contributed by atoms with E-state index in [1.165, 1.54) is 30.6 Å². The Hall–Kier alpha value is -0.920. The fourth-order valence-corrected chi connectivity index (χ4v) is 6.53. The molecule has 1 aliphatic heterocycles. The van der Waals surface area contributed by atoms with Gasteiger partial charge in [-0.2, -0.15) is 4.31 Å². The molecule has 5 nitrogen and oxygen atoms in total. The first kappa shape index (κ1) is 17.9. The third-order valence-corrected chi connectivity index (χ3v) is 8.30. The number of piperidine rings is 1. The Morgan fingerprint density at radius 1 is 1.08 bits per heavy atom. The average molecular weight is 371 g/mol. The van der Waals surface area contributed by atoms with Gasteiger partial charge in [-0.15, -0.1) is 11.3 Å². The molecule has 0 unspecified atom stereocenters. The van der Waals surface area contributed by atoms with Crippen molar-refractivity contribution in [2.75, 3.05) is 13.1 Å². The Morgan fingerprint density at radius 3 is 2.46 bits per heavy atom. The lowest BCUT2D eigenvalue weighted by Crippen LogP contribution is -2.36. The third-order valence-electron chi connectivity index (χ3n) is 4.85. The van der Waals surface area contributed by atoms with Gasteiger partial charge in [0.2, 0.25) is 5.91 Å². The molecule has 7 heteroatoms. The van der Waals surface area contributed by atoms with Crippen LogP contribution in [-0.4, -0.2) is 37.8 Å². The summed E-state index contributed by atoms with van der Waals surface area (Å²) in [5, 5.41) is 3.09. The zero-order chi connectivity index (χ0) is 17.0. The van der Waals surface area contributed by atoms with Crippen LogP contribution in [0.25, 0.3) is 0 Å². The highest BCUT2D eigenvalue weighted by Gasteiger charge is 2.27. The second kappa shape index (κ2) is 7.97. The maximum atomic E-state index is 12.6. The smallest absolute Gasteiger partial charge is 0.252 e. The number of sulfonamides is 1. The second-order valence-electron chi connectivity index (χ2n) is 6.76. The summed E-state index contributed by atoms with van der Waals surface area (Å²) in [6.45, 7) is 1.22. The Kier molecular flexibility index (Phi) is 5.94. The van der Waals surface area contributed by atoms with Crippen molar-refractivity contribution < 1.29 is 13.2 Å². The lowest BCUT2D eigenvalue weighted by Gasteiger charge is -2.25. The van der Waals surface area contributed by atoms with E-state index >= 15 is 0 Å². The molecule has 134 valence electrons. The normalized spacial score (nSPS) is 20.8. The van der Waals surface area contributed by atoms with E-state index in [2.05, 4.69) is 5.32 Å².